The Bertz CT molecular complexity index is 1860. The van der Waals surface area contributed by atoms with Gasteiger partial charge in [0.15, 0.2) is 5.82 Å². The van der Waals surface area contributed by atoms with E-state index < -0.39 is 0 Å². The van der Waals surface area contributed by atoms with E-state index >= 15 is 0 Å². The van der Waals surface area contributed by atoms with Crippen molar-refractivity contribution in [1.82, 2.24) is 15.0 Å². The molecule has 0 saturated carbocycles. The van der Waals surface area contributed by atoms with Crippen LogP contribution in [0.4, 0.5) is 23.3 Å². The zero-order valence-corrected chi connectivity index (χ0v) is 50.6. The van der Waals surface area contributed by atoms with Gasteiger partial charge in [0.25, 0.3) is 0 Å². The lowest BCUT2D eigenvalue weighted by molar-refractivity contribution is 0.593. The molecule has 5 heteroatoms. The SMILES string of the molecule is [CH2]Cc1ccc(-c2nc(Nc3cc(CCCCCCCC)c(CCCCCCCC)c(CCCCCCCC)c3)nc(Nc3cc(CCCCCCCC)c(CCCCCCCC)c(CCCCCCCC)c3)n2)cc1. The third-order valence-corrected chi connectivity index (χ3v) is 16.3. The maximum absolute atomic E-state index is 5.28. The summed E-state index contributed by atoms with van der Waals surface area (Å²) in [5.41, 5.74) is 13.9. The van der Waals surface area contributed by atoms with Crippen LogP contribution < -0.4 is 10.6 Å². The lowest BCUT2D eigenvalue weighted by Gasteiger charge is -2.20. The molecule has 425 valence electrons. The van der Waals surface area contributed by atoms with Crippen LogP contribution in [-0.2, 0) is 44.9 Å². The molecule has 4 rings (SSSR count). The number of nitrogens with one attached hydrogen (secondary N) is 2. The van der Waals surface area contributed by atoms with E-state index in [2.05, 4.69) is 108 Å². The van der Waals surface area contributed by atoms with E-state index in [0.29, 0.717) is 17.7 Å². The van der Waals surface area contributed by atoms with Crippen LogP contribution in [0.15, 0.2) is 48.5 Å². The van der Waals surface area contributed by atoms with Gasteiger partial charge in [-0.25, -0.2) is 0 Å². The zero-order chi connectivity index (χ0) is 54.1. The summed E-state index contributed by atoms with van der Waals surface area (Å²) in [4.78, 5) is 15.7. The van der Waals surface area contributed by atoms with Crippen LogP contribution in [0.1, 0.15) is 312 Å². The molecular weight excluding hydrogens is 923 g/mol. The van der Waals surface area contributed by atoms with Crippen LogP contribution in [0.25, 0.3) is 11.4 Å². The molecule has 5 nitrogen and oxygen atoms in total. The van der Waals surface area contributed by atoms with Gasteiger partial charge >= 0.3 is 0 Å². The molecular formula is C71H116N5. The number of aromatic nitrogens is 3. The number of rotatable bonds is 48. The number of benzene rings is 3. The van der Waals surface area contributed by atoms with Crippen LogP contribution in [0.3, 0.4) is 0 Å². The maximum atomic E-state index is 5.28. The molecule has 0 fully saturated rings. The fraction of sp³-hybridized carbons (Fsp3) is 0.690. The first-order chi connectivity index (χ1) is 37.5. The minimum atomic E-state index is 0.604. The van der Waals surface area contributed by atoms with Crippen molar-refractivity contribution in [3.8, 4) is 11.4 Å². The van der Waals surface area contributed by atoms with Crippen molar-refractivity contribution in [2.24, 2.45) is 0 Å². The molecule has 0 spiro atoms. The number of nitrogens with zero attached hydrogens (tertiary/aromatic N) is 3. The summed E-state index contributed by atoms with van der Waals surface area (Å²) in [5.74, 6) is 1.90. The Morgan fingerprint density at radius 2 is 0.579 bits per heavy atom. The van der Waals surface area contributed by atoms with Gasteiger partial charge in [-0.05, 0) is 154 Å². The van der Waals surface area contributed by atoms with E-state index in [0.717, 1.165) is 49.0 Å². The summed E-state index contributed by atoms with van der Waals surface area (Å²) in [5, 5.41) is 7.71. The predicted molar refractivity (Wildman–Crippen MR) is 336 cm³/mol. The molecule has 0 amide bonds. The minimum Gasteiger partial charge on any atom is -0.324 e. The van der Waals surface area contributed by atoms with Crippen LogP contribution in [0, 0.1) is 6.92 Å². The van der Waals surface area contributed by atoms with Gasteiger partial charge in [0, 0.05) is 16.9 Å². The van der Waals surface area contributed by atoms with Crippen LogP contribution in [-0.4, -0.2) is 15.0 Å². The van der Waals surface area contributed by atoms with Crippen molar-refractivity contribution in [1.29, 1.82) is 0 Å². The van der Waals surface area contributed by atoms with Gasteiger partial charge in [0.05, 0.1) is 0 Å². The highest BCUT2D eigenvalue weighted by Gasteiger charge is 2.17. The van der Waals surface area contributed by atoms with Crippen molar-refractivity contribution in [3.63, 3.8) is 0 Å². The summed E-state index contributed by atoms with van der Waals surface area (Å²) in [7, 11) is 0. The molecule has 1 aromatic heterocycles. The summed E-state index contributed by atoms with van der Waals surface area (Å²) in [6.07, 6.45) is 55.2. The Hall–Kier alpha value is -3.73. The number of aryl methyl sites for hydroxylation is 4. The van der Waals surface area contributed by atoms with Gasteiger partial charge in [-0.15, -0.1) is 0 Å². The summed E-state index contributed by atoms with van der Waals surface area (Å²) in [6, 6.07) is 18.6. The number of unbranched alkanes of at least 4 members (excludes halogenated alkanes) is 30. The highest BCUT2D eigenvalue weighted by molar-refractivity contribution is 5.66. The monoisotopic (exact) mass is 1040 g/mol. The van der Waals surface area contributed by atoms with Crippen molar-refractivity contribution < 1.29 is 0 Å². The van der Waals surface area contributed by atoms with E-state index in [4.69, 9.17) is 15.0 Å². The van der Waals surface area contributed by atoms with Gasteiger partial charge in [0.1, 0.15) is 0 Å². The van der Waals surface area contributed by atoms with Crippen molar-refractivity contribution >= 4 is 23.3 Å². The normalized spacial score (nSPS) is 11.5. The molecule has 0 bridgehead atoms. The van der Waals surface area contributed by atoms with E-state index in [9.17, 15) is 0 Å². The standard InChI is InChI=1S/C71H116N5/c1-8-15-21-27-33-39-45-61-55-65(56-62(46-40-34-28-22-16-9-2)67(61)49-43-37-31-25-19-12-5)72-70-74-69(60-53-51-59(14-7)52-54-60)75-71(76-70)73-66-57-63(47-41-35-29-23-17-10-3)68(50-44-38-32-26-20-13-6)64(58-66)48-42-36-30-24-18-11-4/h51-58H,7-50H2,1-6H3,(H2,72,73,74,75,76). The Morgan fingerprint density at radius 1 is 0.316 bits per heavy atom. The lowest BCUT2D eigenvalue weighted by Crippen LogP contribution is -2.09. The number of hydrogen-bond acceptors (Lipinski definition) is 5. The predicted octanol–water partition coefficient (Wildman–Crippen LogP) is 22.8. The maximum Gasteiger partial charge on any atom is 0.232 e. The molecule has 0 saturated heterocycles. The zero-order valence-electron chi connectivity index (χ0n) is 50.6. The van der Waals surface area contributed by atoms with Gasteiger partial charge in [-0.3, -0.25) is 0 Å². The third-order valence-electron chi connectivity index (χ3n) is 16.3. The van der Waals surface area contributed by atoms with Crippen LogP contribution >= 0.6 is 0 Å². The largest absolute Gasteiger partial charge is 0.324 e. The molecule has 0 aliphatic carbocycles. The van der Waals surface area contributed by atoms with Crippen molar-refractivity contribution in [2.75, 3.05) is 10.6 Å². The van der Waals surface area contributed by atoms with E-state index in [1.165, 1.54) is 250 Å². The summed E-state index contributed by atoms with van der Waals surface area (Å²) >= 11 is 0. The average Bonchev–Trinajstić information content (AvgIpc) is 3.43. The smallest absolute Gasteiger partial charge is 0.232 e. The van der Waals surface area contributed by atoms with Gasteiger partial charge in [-0.2, -0.15) is 15.0 Å². The fourth-order valence-corrected chi connectivity index (χ4v) is 11.5. The molecule has 76 heavy (non-hydrogen) atoms. The average molecular weight is 1040 g/mol. The topological polar surface area (TPSA) is 62.7 Å². The third kappa shape index (κ3) is 26.8. The summed E-state index contributed by atoms with van der Waals surface area (Å²) in [6.45, 7) is 18.1. The van der Waals surface area contributed by atoms with E-state index in [-0.39, 0.29) is 0 Å². The Morgan fingerprint density at radius 3 is 0.855 bits per heavy atom. The molecule has 0 aliphatic heterocycles. The lowest BCUT2D eigenvalue weighted by atomic mass is 9.89. The summed E-state index contributed by atoms with van der Waals surface area (Å²) < 4.78 is 0. The molecule has 0 unspecified atom stereocenters. The first-order valence-electron chi connectivity index (χ1n) is 32.9. The highest BCUT2D eigenvalue weighted by atomic mass is 15.2. The number of hydrogen-bond donors (Lipinski definition) is 2. The second-order valence-corrected chi connectivity index (χ2v) is 23.2. The van der Waals surface area contributed by atoms with E-state index in [1.807, 2.05) is 0 Å². The first-order valence-corrected chi connectivity index (χ1v) is 32.9. The molecule has 1 radical (unpaired) electrons. The second kappa shape index (κ2) is 42.2. The molecule has 4 aromatic rings. The Kier molecular flexibility index (Phi) is 36.0. The van der Waals surface area contributed by atoms with Gasteiger partial charge in [0.2, 0.25) is 11.9 Å². The second-order valence-electron chi connectivity index (χ2n) is 23.2. The molecule has 0 atom stereocenters. The number of anilines is 4. The molecule has 1 heterocycles. The van der Waals surface area contributed by atoms with Crippen molar-refractivity contribution in [3.05, 3.63) is 94.4 Å². The first kappa shape index (κ1) is 64.8. The Labute approximate surface area is 470 Å². The molecule has 0 aliphatic rings. The fourth-order valence-electron chi connectivity index (χ4n) is 11.5. The van der Waals surface area contributed by atoms with Crippen LogP contribution in [0.5, 0.6) is 0 Å². The van der Waals surface area contributed by atoms with Gasteiger partial charge in [-0.1, -0.05) is 258 Å². The van der Waals surface area contributed by atoms with E-state index in [1.54, 1.807) is 33.4 Å². The minimum absolute atomic E-state index is 0.604. The molecule has 3 aromatic carbocycles. The quantitative estimate of drug-likeness (QED) is 0.0432. The van der Waals surface area contributed by atoms with Gasteiger partial charge < -0.3 is 10.6 Å². The van der Waals surface area contributed by atoms with Crippen molar-refractivity contribution in [2.45, 2.75) is 318 Å². The molecule has 2 N–H and O–H groups in total. The highest BCUT2D eigenvalue weighted by Crippen LogP contribution is 2.32. The Balaban J connectivity index is 1.79. The van der Waals surface area contributed by atoms with Crippen LogP contribution in [0.2, 0.25) is 0 Å².